The molecule has 2 nitrogen and oxygen atoms in total. The van der Waals surface area contributed by atoms with E-state index in [-0.39, 0.29) is 0 Å². The van der Waals surface area contributed by atoms with Gasteiger partial charge < -0.3 is 5.73 Å². The second-order valence-electron chi connectivity index (χ2n) is 1.41. The number of halogens is 1. The molecule has 0 aliphatic rings. The third-order valence-electron chi connectivity index (χ3n) is 0.831. The summed E-state index contributed by atoms with van der Waals surface area (Å²) in [5, 5.41) is 0.495. The van der Waals surface area contributed by atoms with Gasteiger partial charge in [0, 0.05) is 0 Å². The molecule has 46 valence electrons. The molecule has 0 spiro atoms. The van der Waals surface area contributed by atoms with Gasteiger partial charge in [0.15, 0.2) is 0 Å². The zero-order valence-corrected chi connectivity index (χ0v) is 5.96. The highest BCUT2D eigenvalue weighted by atomic mass is 35.5. The standard InChI is InChI=1S/C5H3ClN2S/c1-8-3-2-4(6)9-5(3)7/h2H,7H2. The summed E-state index contributed by atoms with van der Waals surface area (Å²) in [7, 11) is 0. The smallest absolute Gasteiger partial charge is 0.221 e. The van der Waals surface area contributed by atoms with Crippen molar-refractivity contribution in [3.05, 3.63) is 21.8 Å². The normalized spacial score (nSPS) is 8.89. The lowest BCUT2D eigenvalue weighted by atomic mass is 10.5. The van der Waals surface area contributed by atoms with Gasteiger partial charge in [0.25, 0.3) is 0 Å². The summed E-state index contributed by atoms with van der Waals surface area (Å²) in [6, 6.07) is 1.56. The van der Waals surface area contributed by atoms with Crippen molar-refractivity contribution in [3.8, 4) is 0 Å². The molecule has 1 aromatic rings. The van der Waals surface area contributed by atoms with E-state index in [2.05, 4.69) is 4.85 Å². The molecule has 0 atom stereocenters. The van der Waals surface area contributed by atoms with E-state index in [9.17, 15) is 0 Å². The summed E-state index contributed by atoms with van der Waals surface area (Å²) in [5.41, 5.74) is 5.82. The number of nitrogen functional groups attached to an aromatic ring is 1. The molecule has 1 aromatic heterocycles. The highest BCUT2D eigenvalue weighted by Gasteiger charge is 2.01. The van der Waals surface area contributed by atoms with Crippen molar-refractivity contribution < 1.29 is 0 Å². The van der Waals surface area contributed by atoms with Crippen LogP contribution in [0.25, 0.3) is 4.85 Å². The van der Waals surface area contributed by atoms with Crippen LogP contribution in [-0.4, -0.2) is 0 Å². The molecule has 0 amide bonds. The van der Waals surface area contributed by atoms with Crippen LogP contribution in [0.15, 0.2) is 6.07 Å². The van der Waals surface area contributed by atoms with E-state index in [1.165, 1.54) is 11.3 Å². The molecule has 0 saturated carbocycles. The number of hydrogen-bond acceptors (Lipinski definition) is 2. The van der Waals surface area contributed by atoms with Crippen molar-refractivity contribution in [1.82, 2.24) is 0 Å². The highest BCUT2D eigenvalue weighted by Crippen LogP contribution is 2.34. The molecule has 0 radical (unpaired) electrons. The Kier molecular flexibility index (Phi) is 1.60. The molecule has 2 N–H and O–H groups in total. The molecule has 1 rings (SSSR count). The maximum Gasteiger partial charge on any atom is 0.221 e. The van der Waals surface area contributed by atoms with Crippen LogP contribution in [0.1, 0.15) is 0 Å². The van der Waals surface area contributed by atoms with Crippen LogP contribution in [0.5, 0.6) is 0 Å². The van der Waals surface area contributed by atoms with Crippen molar-refractivity contribution in [3.63, 3.8) is 0 Å². The van der Waals surface area contributed by atoms with E-state index in [4.69, 9.17) is 23.9 Å². The molecule has 0 aromatic carbocycles. The van der Waals surface area contributed by atoms with Gasteiger partial charge in [0.1, 0.15) is 0 Å². The predicted molar refractivity (Wildman–Crippen MR) is 40.0 cm³/mol. The van der Waals surface area contributed by atoms with E-state index < -0.39 is 0 Å². The molecule has 4 heteroatoms. The molecule has 0 aliphatic heterocycles. The highest BCUT2D eigenvalue weighted by molar-refractivity contribution is 7.20. The minimum atomic E-state index is 0.449. The first-order valence-corrected chi connectivity index (χ1v) is 3.35. The van der Waals surface area contributed by atoms with Crippen LogP contribution >= 0.6 is 22.9 Å². The van der Waals surface area contributed by atoms with E-state index in [1.54, 1.807) is 6.07 Å². The minimum Gasteiger partial charge on any atom is -0.399 e. The molecule has 0 aliphatic carbocycles. The van der Waals surface area contributed by atoms with Crippen LogP contribution in [0.2, 0.25) is 4.34 Å². The van der Waals surface area contributed by atoms with E-state index in [0.717, 1.165) is 0 Å². The van der Waals surface area contributed by atoms with Gasteiger partial charge in [0.2, 0.25) is 5.69 Å². The van der Waals surface area contributed by atoms with E-state index in [0.29, 0.717) is 15.0 Å². The molecule has 0 fully saturated rings. The zero-order valence-electron chi connectivity index (χ0n) is 4.39. The fourth-order valence-corrected chi connectivity index (χ4v) is 1.40. The number of nitrogens with two attached hydrogens (primary N) is 1. The Balaban J connectivity index is 3.20. The Morgan fingerprint density at radius 3 is 2.67 bits per heavy atom. The van der Waals surface area contributed by atoms with Gasteiger partial charge in [-0.2, -0.15) is 0 Å². The Bertz CT molecular complexity index is 260. The van der Waals surface area contributed by atoms with Crippen molar-refractivity contribution in [2.45, 2.75) is 0 Å². The number of thiophene rings is 1. The molecule has 1 heterocycles. The minimum absolute atomic E-state index is 0.449. The average Bonchev–Trinajstić information content (AvgIpc) is 2.10. The van der Waals surface area contributed by atoms with Crippen molar-refractivity contribution >= 4 is 33.6 Å². The molecular formula is C5H3ClN2S. The Morgan fingerprint density at radius 2 is 2.44 bits per heavy atom. The van der Waals surface area contributed by atoms with Crippen molar-refractivity contribution in [2.75, 3.05) is 5.73 Å². The lowest BCUT2D eigenvalue weighted by Gasteiger charge is -1.78. The van der Waals surface area contributed by atoms with Crippen LogP contribution in [0, 0.1) is 6.57 Å². The lowest BCUT2D eigenvalue weighted by molar-refractivity contribution is 1.91. The van der Waals surface area contributed by atoms with Gasteiger partial charge in [0.05, 0.1) is 15.9 Å². The number of anilines is 1. The van der Waals surface area contributed by atoms with Crippen LogP contribution in [0.3, 0.4) is 0 Å². The van der Waals surface area contributed by atoms with Gasteiger partial charge in [-0.3, -0.25) is 0 Å². The van der Waals surface area contributed by atoms with Crippen molar-refractivity contribution in [1.29, 1.82) is 0 Å². The summed E-state index contributed by atoms with van der Waals surface area (Å²) >= 11 is 6.76. The average molecular weight is 159 g/mol. The van der Waals surface area contributed by atoms with Crippen molar-refractivity contribution in [2.24, 2.45) is 0 Å². The third kappa shape index (κ3) is 1.15. The summed E-state index contributed by atoms with van der Waals surface area (Å²) in [4.78, 5) is 3.14. The van der Waals surface area contributed by atoms with Crippen LogP contribution < -0.4 is 5.73 Å². The first-order chi connectivity index (χ1) is 4.24. The van der Waals surface area contributed by atoms with Gasteiger partial charge in [-0.15, -0.1) is 11.3 Å². The Labute approximate surface area is 61.7 Å². The molecule has 0 bridgehead atoms. The largest absolute Gasteiger partial charge is 0.399 e. The number of nitrogens with zero attached hydrogens (tertiary/aromatic N) is 1. The van der Waals surface area contributed by atoms with Gasteiger partial charge >= 0.3 is 0 Å². The van der Waals surface area contributed by atoms with Gasteiger partial charge in [-0.05, 0) is 6.07 Å². The molecular weight excluding hydrogens is 156 g/mol. The fraction of sp³-hybridized carbons (Fsp3) is 0. The Hall–Kier alpha value is -0.720. The first-order valence-electron chi connectivity index (χ1n) is 2.16. The van der Waals surface area contributed by atoms with Gasteiger partial charge in [-0.1, -0.05) is 11.6 Å². The maximum absolute atomic E-state index is 6.59. The third-order valence-corrected chi connectivity index (χ3v) is 1.91. The van der Waals surface area contributed by atoms with Crippen LogP contribution in [-0.2, 0) is 0 Å². The monoisotopic (exact) mass is 158 g/mol. The second-order valence-corrected chi connectivity index (χ2v) is 3.13. The topological polar surface area (TPSA) is 30.4 Å². The Morgan fingerprint density at radius 1 is 1.78 bits per heavy atom. The number of hydrogen-bond donors (Lipinski definition) is 1. The van der Waals surface area contributed by atoms with E-state index in [1.807, 2.05) is 0 Å². The van der Waals surface area contributed by atoms with E-state index >= 15 is 0 Å². The van der Waals surface area contributed by atoms with Gasteiger partial charge in [-0.25, -0.2) is 4.85 Å². The molecule has 0 unspecified atom stereocenters. The summed E-state index contributed by atoms with van der Waals surface area (Å²) in [5.74, 6) is 0. The second kappa shape index (κ2) is 2.26. The van der Waals surface area contributed by atoms with Crippen LogP contribution in [0.4, 0.5) is 10.7 Å². The summed E-state index contributed by atoms with van der Waals surface area (Å²) in [6.07, 6.45) is 0. The quantitative estimate of drug-likeness (QED) is 0.578. The molecule has 9 heavy (non-hydrogen) atoms. The maximum atomic E-state index is 6.59. The zero-order chi connectivity index (χ0) is 6.85. The molecule has 0 saturated heterocycles. The first kappa shape index (κ1) is 6.40. The number of rotatable bonds is 0. The summed E-state index contributed by atoms with van der Waals surface area (Å²) < 4.78 is 0.568. The fourth-order valence-electron chi connectivity index (χ4n) is 0.453. The summed E-state index contributed by atoms with van der Waals surface area (Å²) in [6.45, 7) is 6.59. The predicted octanol–water partition coefficient (Wildman–Crippen LogP) is 2.53. The lowest BCUT2D eigenvalue weighted by Crippen LogP contribution is -1.74. The SMILES string of the molecule is [C-]#[N+]c1cc(Cl)sc1N.